The van der Waals surface area contributed by atoms with Crippen molar-refractivity contribution in [1.82, 2.24) is 30.4 Å². The number of ether oxygens (including phenoxy) is 3. The average Bonchev–Trinajstić information content (AvgIpc) is 3.70. The minimum atomic E-state index is -0.852. The molecule has 0 spiro atoms. The van der Waals surface area contributed by atoms with Crippen LogP contribution in [0.4, 0.5) is 9.59 Å². The van der Waals surface area contributed by atoms with Gasteiger partial charge in [0.1, 0.15) is 24.0 Å². The number of likely N-dealkylation sites (tertiary alicyclic amines) is 2. The lowest BCUT2D eigenvalue weighted by Crippen LogP contribution is -2.51. The van der Waals surface area contributed by atoms with E-state index in [0.717, 1.165) is 64.1 Å². The Kier molecular flexibility index (Phi) is 13.1. The highest BCUT2D eigenvalue weighted by atomic mass is 16.6. The maximum absolute atomic E-state index is 14.3. The molecule has 3 N–H and O–H groups in total. The van der Waals surface area contributed by atoms with Gasteiger partial charge >= 0.3 is 12.2 Å². The summed E-state index contributed by atoms with van der Waals surface area (Å²) in [5.41, 5.74) is 7.77. The van der Waals surface area contributed by atoms with Crippen molar-refractivity contribution in [2.45, 2.75) is 83.1 Å². The minimum absolute atomic E-state index is 0.0689. The number of hydrogen-bond donors (Lipinski definition) is 3. The van der Waals surface area contributed by atoms with Gasteiger partial charge in [0.05, 0.1) is 37.7 Å². The van der Waals surface area contributed by atoms with Crippen LogP contribution < -0.4 is 10.6 Å². The smallest absolute Gasteiger partial charge is 0.408 e. The molecule has 330 valence electrons. The number of nitrogens with one attached hydrogen (secondary N) is 3. The first kappa shape index (κ1) is 43.4. The number of benzene rings is 3. The van der Waals surface area contributed by atoms with Gasteiger partial charge in [0.25, 0.3) is 0 Å². The van der Waals surface area contributed by atoms with E-state index in [0.29, 0.717) is 38.4 Å². The van der Waals surface area contributed by atoms with E-state index >= 15 is 0 Å². The van der Waals surface area contributed by atoms with E-state index in [1.54, 1.807) is 18.2 Å². The molecule has 3 aromatic carbocycles. The van der Waals surface area contributed by atoms with Crippen LogP contribution in [-0.4, -0.2) is 102 Å². The summed E-state index contributed by atoms with van der Waals surface area (Å²) in [4.78, 5) is 69.8. The van der Waals surface area contributed by atoms with Crippen LogP contribution in [0.3, 0.4) is 0 Å². The summed E-state index contributed by atoms with van der Waals surface area (Å²) >= 11 is 0. The Labute approximate surface area is 368 Å². The number of imidazole rings is 1. The number of methoxy groups -OCH3 is 2. The highest BCUT2D eigenvalue weighted by Crippen LogP contribution is 2.38. The Bertz CT molecular complexity index is 2340. The van der Waals surface area contributed by atoms with Crippen molar-refractivity contribution in [3.05, 3.63) is 108 Å². The van der Waals surface area contributed by atoms with Crippen molar-refractivity contribution in [2.24, 2.45) is 22.7 Å². The maximum Gasteiger partial charge on any atom is 0.408 e. The van der Waals surface area contributed by atoms with Gasteiger partial charge in [-0.3, -0.25) is 14.6 Å². The molecule has 3 aliphatic heterocycles. The Hall–Kier alpha value is -6.28. The van der Waals surface area contributed by atoms with E-state index in [1.165, 1.54) is 7.11 Å². The third-order valence-corrected chi connectivity index (χ3v) is 12.5. The van der Waals surface area contributed by atoms with E-state index in [1.807, 2.05) is 55.3 Å². The number of aliphatic imine (C=N–C) groups is 1. The SMILES string of the molecule is COC[C@H]1C[C@@H](c2ncc(-c3ccc(-c4ccc(C5=CN=C([C@@H]6C[C@H](C)CN6C(=O)[C@H](NC(=O)OC6CC6)c6ccccc6)C5)cc4)cc3)[nH]2)N(C(=O)[C@@H](NC(=O)OC)C(C)C)C1. The highest BCUT2D eigenvalue weighted by Gasteiger charge is 2.43. The molecular weight excluding hydrogens is 799 g/mol. The maximum atomic E-state index is 14.3. The average molecular weight is 856 g/mol. The molecule has 1 aromatic heterocycles. The third kappa shape index (κ3) is 9.86. The number of aromatic nitrogens is 2. The van der Waals surface area contributed by atoms with Crippen molar-refractivity contribution < 1.29 is 33.4 Å². The number of allylic oxidation sites excluding steroid dienone is 1. The molecule has 4 heterocycles. The van der Waals surface area contributed by atoms with Crippen LogP contribution in [0, 0.1) is 17.8 Å². The number of amides is 4. The lowest BCUT2D eigenvalue weighted by Gasteiger charge is -2.30. The zero-order chi connectivity index (χ0) is 44.2. The Morgan fingerprint density at radius 3 is 2.11 bits per heavy atom. The zero-order valence-corrected chi connectivity index (χ0v) is 36.6. The summed E-state index contributed by atoms with van der Waals surface area (Å²) in [5.74, 6) is 0.612. The largest absolute Gasteiger partial charge is 0.453 e. The van der Waals surface area contributed by atoms with E-state index in [-0.39, 0.29) is 47.8 Å². The van der Waals surface area contributed by atoms with E-state index in [4.69, 9.17) is 24.2 Å². The van der Waals surface area contributed by atoms with Gasteiger partial charge in [-0.1, -0.05) is 99.6 Å². The van der Waals surface area contributed by atoms with Crippen LogP contribution in [0.5, 0.6) is 0 Å². The summed E-state index contributed by atoms with van der Waals surface area (Å²) < 4.78 is 15.7. The Morgan fingerprint density at radius 2 is 1.46 bits per heavy atom. The molecule has 1 saturated carbocycles. The van der Waals surface area contributed by atoms with Gasteiger partial charge in [0, 0.05) is 44.4 Å². The van der Waals surface area contributed by atoms with Crippen molar-refractivity contribution >= 4 is 35.3 Å². The first-order chi connectivity index (χ1) is 30.5. The van der Waals surface area contributed by atoms with Crippen molar-refractivity contribution in [3.8, 4) is 22.4 Å². The topological polar surface area (TPSA) is 168 Å². The van der Waals surface area contributed by atoms with Crippen LogP contribution in [0.1, 0.15) is 81.9 Å². The fourth-order valence-electron chi connectivity index (χ4n) is 9.05. The molecule has 1 aliphatic carbocycles. The molecule has 4 aromatic rings. The van der Waals surface area contributed by atoms with Gasteiger partial charge in [0.2, 0.25) is 11.8 Å². The Balaban J connectivity index is 0.910. The lowest BCUT2D eigenvalue weighted by atomic mass is 9.95. The predicted molar refractivity (Wildman–Crippen MR) is 239 cm³/mol. The fraction of sp³-hybridized carbons (Fsp3) is 0.429. The second-order valence-electron chi connectivity index (χ2n) is 17.6. The molecule has 2 saturated heterocycles. The molecule has 14 heteroatoms. The Morgan fingerprint density at radius 1 is 0.794 bits per heavy atom. The molecule has 63 heavy (non-hydrogen) atoms. The van der Waals surface area contributed by atoms with Crippen LogP contribution in [0.15, 0.2) is 96.3 Å². The molecule has 0 bridgehead atoms. The molecule has 8 rings (SSSR count). The second kappa shape index (κ2) is 19.0. The third-order valence-electron chi connectivity index (χ3n) is 12.5. The normalized spacial score (nSPS) is 21.7. The number of nitrogens with zero attached hydrogens (tertiary/aromatic N) is 4. The molecule has 6 atom stereocenters. The lowest BCUT2D eigenvalue weighted by molar-refractivity contribution is -0.135. The second-order valence-corrected chi connectivity index (χ2v) is 17.6. The number of alkyl carbamates (subject to hydrolysis) is 2. The molecule has 0 unspecified atom stereocenters. The van der Waals surface area contributed by atoms with Crippen molar-refractivity contribution in [1.29, 1.82) is 0 Å². The number of rotatable bonds is 14. The molecule has 4 amide bonds. The van der Waals surface area contributed by atoms with Crippen LogP contribution in [-0.2, 0) is 23.8 Å². The summed E-state index contributed by atoms with van der Waals surface area (Å²) in [6.45, 7) is 7.53. The summed E-state index contributed by atoms with van der Waals surface area (Å²) in [5, 5.41) is 5.58. The van der Waals surface area contributed by atoms with Crippen LogP contribution in [0.2, 0.25) is 0 Å². The van der Waals surface area contributed by atoms with Crippen LogP contribution in [0.25, 0.3) is 28.0 Å². The minimum Gasteiger partial charge on any atom is -0.453 e. The van der Waals surface area contributed by atoms with Gasteiger partial charge in [-0.25, -0.2) is 14.6 Å². The molecule has 0 radical (unpaired) electrons. The summed E-state index contributed by atoms with van der Waals surface area (Å²) in [7, 11) is 2.95. The van der Waals surface area contributed by atoms with Crippen molar-refractivity contribution in [3.63, 3.8) is 0 Å². The van der Waals surface area contributed by atoms with Crippen molar-refractivity contribution in [2.75, 3.05) is 33.9 Å². The standard InChI is InChI=1S/C49H57N7O7/c1-29(2)43(53-48(59)62-5)46(57)56-27-31(28-61-4)22-42(56)45-51-25-40(52-45)35-17-15-33(16-18-35)32-11-13-34(14-12-32)37-23-39(50-24-37)41-21-30(3)26-55(41)47(58)44(36-9-7-6-8-10-36)54-49(60)63-38-19-20-38/h6-18,24-25,29-31,38,41-44H,19-23,26-28H2,1-5H3,(H,51,52)(H,53,59)(H,54,60)/t30-,31-,41-,42-,43-,44+/m0/s1. The van der Waals surface area contributed by atoms with Gasteiger partial charge in [-0.2, -0.15) is 0 Å². The number of carbonyl (C=O) groups excluding carboxylic acids is 4. The summed E-state index contributed by atoms with van der Waals surface area (Å²) in [6, 6.07) is 24.0. The quantitative estimate of drug-likeness (QED) is 0.116. The molecule has 14 nitrogen and oxygen atoms in total. The molecule has 3 fully saturated rings. The fourth-order valence-corrected chi connectivity index (χ4v) is 9.05. The van der Waals surface area contributed by atoms with Gasteiger partial charge < -0.3 is 39.6 Å². The number of carbonyl (C=O) groups is 4. The zero-order valence-electron chi connectivity index (χ0n) is 36.6. The predicted octanol–water partition coefficient (Wildman–Crippen LogP) is 7.71. The number of hydrogen-bond acceptors (Lipinski definition) is 9. The highest BCUT2D eigenvalue weighted by molar-refractivity contribution is 6.04. The number of aromatic amines is 1. The van der Waals surface area contributed by atoms with Gasteiger partial charge in [-0.15, -0.1) is 0 Å². The van der Waals surface area contributed by atoms with Gasteiger partial charge in [-0.05, 0) is 70.9 Å². The summed E-state index contributed by atoms with van der Waals surface area (Å²) in [6.07, 6.45) is 6.27. The molecular formula is C49H57N7O7. The monoisotopic (exact) mass is 855 g/mol. The van der Waals surface area contributed by atoms with Crippen LogP contribution >= 0.6 is 0 Å². The van der Waals surface area contributed by atoms with E-state index in [2.05, 4.69) is 71.1 Å². The van der Waals surface area contributed by atoms with E-state index < -0.39 is 24.3 Å². The first-order valence-electron chi connectivity index (χ1n) is 22.0. The number of H-pyrrole nitrogens is 1. The first-order valence-corrected chi connectivity index (χ1v) is 22.0. The van der Waals surface area contributed by atoms with Gasteiger partial charge in [0.15, 0.2) is 0 Å². The van der Waals surface area contributed by atoms with E-state index in [9.17, 15) is 19.2 Å². The molecule has 4 aliphatic rings.